The van der Waals surface area contributed by atoms with E-state index in [1.54, 1.807) is 0 Å². The number of pyridine rings is 1. The van der Waals surface area contributed by atoms with Crippen molar-refractivity contribution in [3.8, 4) is 0 Å². The molecular weight excluding hydrogens is 234 g/mol. The highest BCUT2D eigenvalue weighted by Crippen LogP contribution is 2.21. The third-order valence-corrected chi connectivity index (χ3v) is 3.57. The number of nitrogens with one attached hydrogen (secondary N) is 1. The van der Waals surface area contributed by atoms with Crippen molar-refractivity contribution in [1.82, 2.24) is 15.2 Å². The maximum absolute atomic E-state index is 4.43. The van der Waals surface area contributed by atoms with Crippen LogP contribution in [0.15, 0.2) is 24.4 Å². The van der Waals surface area contributed by atoms with Gasteiger partial charge in [-0.05, 0) is 45.5 Å². The molecule has 1 aromatic rings. The minimum atomic E-state index is 0. The van der Waals surface area contributed by atoms with Crippen LogP contribution in [0.3, 0.4) is 0 Å². The van der Waals surface area contributed by atoms with Gasteiger partial charge in [-0.15, -0.1) is 12.4 Å². The third-order valence-electron chi connectivity index (χ3n) is 3.57. The second-order valence-corrected chi connectivity index (χ2v) is 4.60. The van der Waals surface area contributed by atoms with Crippen LogP contribution in [0.25, 0.3) is 0 Å². The van der Waals surface area contributed by atoms with Crippen molar-refractivity contribution >= 4 is 12.4 Å². The lowest BCUT2D eigenvalue weighted by Crippen LogP contribution is -2.45. The predicted octanol–water partition coefficient (Wildman–Crippen LogP) is 2.25. The third kappa shape index (κ3) is 3.66. The normalized spacial score (nSPS) is 21.9. The summed E-state index contributed by atoms with van der Waals surface area (Å²) >= 11 is 0. The SMILES string of the molecule is CC(c1ccccn1)N(C)[C@H]1CCCNC1.Cl. The van der Waals surface area contributed by atoms with Crippen LogP contribution in [-0.2, 0) is 0 Å². The second-order valence-electron chi connectivity index (χ2n) is 4.60. The molecule has 96 valence electrons. The fraction of sp³-hybridized carbons (Fsp3) is 0.615. The zero-order valence-electron chi connectivity index (χ0n) is 10.6. The van der Waals surface area contributed by atoms with Crippen LogP contribution >= 0.6 is 12.4 Å². The maximum Gasteiger partial charge on any atom is 0.0572 e. The monoisotopic (exact) mass is 255 g/mol. The first kappa shape index (κ1) is 14.4. The van der Waals surface area contributed by atoms with Gasteiger partial charge in [0.2, 0.25) is 0 Å². The molecule has 2 heterocycles. The summed E-state index contributed by atoms with van der Waals surface area (Å²) in [6, 6.07) is 7.18. The van der Waals surface area contributed by atoms with Gasteiger partial charge >= 0.3 is 0 Å². The molecule has 0 saturated carbocycles. The molecule has 3 nitrogen and oxygen atoms in total. The Balaban J connectivity index is 0.00000144. The van der Waals surface area contributed by atoms with Crippen LogP contribution in [0.1, 0.15) is 31.5 Å². The highest BCUT2D eigenvalue weighted by atomic mass is 35.5. The maximum atomic E-state index is 4.43. The van der Waals surface area contributed by atoms with Crippen molar-refractivity contribution < 1.29 is 0 Å². The van der Waals surface area contributed by atoms with Crippen LogP contribution < -0.4 is 5.32 Å². The van der Waals surface area contributed by atoms with Crippen molar-refractivity contribution in [1.29, 1.82) is 0 Å². The van der Waals surface area contributed by atoms with Crippen LogP contribution in [0.4, 0.5) is 0 Å². The van der Waals surface area contributed by atoms with Crippen LogP contribution in [0, 0.1) is 0 Å². The topological polar surface area (TPSA) is 28.2 Å². The summed E-state index contributed by atoms with van der Waals surface area (Å²) in [6.45, 7) is 4.51. The Kier molecular flexibility index (Phi) is 5.89. The molecule has 0 aromatic carbocycles. The van der Waals surface area contributed by atoms with Crippen molar-refractivity contribution in [3.05, 3.63) is 30.1 Å². The number of hydrogen-bond donors (Lipinski definition) is 1. The smallest absolute Gasteiger partial charge is 0.0572 e. The highest BCUT2D eigenvalue weighted by Gasteiger charge is 2.22. The largest absolute Gasteiger partial charge is 0.315 e. The first-order chi connectivity index (χ1) is 7.79. The number of hydrogen-bond acceptors (Lipinski definition) is 3. The second kappa shape index (κ2) is 6.94. The Labute approximate surface area is 110 Å². The van der Waals surface area contributed by atoms with E-state index in [1.165, 1.54) is 19.4 Å². The number of aromatic nitrogens is 1. The lowest BCUT2D eigenvalue weighted by Gasteiger charge is -2.35. The van der Waals surface area contributed by atoms with E-state index in [0.29, 0.717) is 12.1 Å². The lowest BCUT2D eigenvalue weighted by atomic mass is 10.0. The van der Waals surface area contributed by atoms with Gasteiger partial charge < -0.3 is 5.32 Å². The number of rotatable bonds is 3. The van der Waals surface area contributed by atoms with E-state index in [1.807, 2.05) is 12.3 Å². The summed E-state index contributed by atoms with van der Waals surface area (Å²) in [5.41, 5.74) is 1.16. The van der Waals surface area contributed by atoms with E-state index >= 15 is 0 Å². The van der Waals surface area contributed by atoms with Gasteiger partial charge in [-0.3, -0.25) is 9.88 Å². The Bertz CT molecular complexity index is 312. The van der Waals surface area contributed by atoms with E-state index in [2.05, 4.69) is 41.3 Å². The summed E-state index contributed by atoms with van der Waals surface area (Å²) in [5.74, 6) is 0. The highest BCUT2D eigenvalue weighted by molar-refractivity contribution is 5.85. The number of piperidine rings is 1. The first-order valence-electron chi connectivity index (χ1n) is 6.12. The van der Waals surface area contributed by atoms with Gasteiger partial charge in [0.1, 0.15) is 0 Å². The van der Waals surface area contributed by atoms with Crippen LogP contribution in [-0.4, -0.2) is 36.1 Å². The number of likely N-dealkylation sites (N-methyl/N-ethyl adjacent to an activating group) is 1. The van der Waals surface area contributed by atoms with E-state index in [4.69, 9.17) is 0 Å². The van der Waals surface area contributed by atoms with Crippen molar-refractivity contribution in [3.63, 3.8) is 0 Å². The van der Waals surface area contributed by atoms with Gasteiger partial charge in [0.15, 0.2) is 0 Å². The summed E-state index contributed by atoms with van der Waals surface area (Å²) in [5, 5.41) is 3.46. The molecular formula is C13H22ClN3. The van der Waals surface area contributed by atoms with E-state index in [9.17, 15) is 0 Å². The molecule has 0 radical (unpaired) electrons. The minimum Gasteiger partial charge on any atom is -0.315 e. The molecule has 4 heteroatoms. The molecule has 0 aliphatic carbocycles. The Morgan fingerprint density at radius 3 is 2.88 bits per heavy atom. The minimum absolute atomic E-state index is 0. The van der Waals surface area contributed by atoms with Gasteiger partial charge in [-0.2, -0.15) is 0 Å². The predicted molar refractivity (Wildman–Crippen MR) is 73.6 cm³/mol. The van der Waals surface area contributed by atoms with Crippen LogP contribution in [0.2, 0.25) is 0 Å². The van der Waals surface area contributed by atoms with Gasteiger partial charge in [0.25, 0.3) is 0 Å². The molecule has 2 atom stereocenters. The summed E-state index contributed by atoms with van der Waals surface area (Å²) in [7, 11) is 2.21. The first-order valence-corrected chi connectivity index (χ1v) is 6.12. The van der Waals surface area contributed by atoms with E-state index < -0.39 is 0 Å². The average Bonchev–Trinajstić information content (AvgIpc) is 2.39. The molecule has 17 heavy (non-hydrogen) atoms. The molecule has 0 spiro atoms. The van der Waals surface area contributed by atoms with Crippen molar-refractivity contribution in [2.24, 2.45) is 0 Å². The zero-order valence-corrected chi connectivity index (χ0v) is 11.4. The van der Waals surface area contributed by atoms with Crippen molar-refractivity contribution in [2.45, 2.75) is 31.8 Å². The van der Waals surface area contributed by atoms with Gasteiger partial charge in [0, 0.05) is 24.8 Å². The molecule has 0 bridgehead atoms. The zero-order chi connectivity index (χ0) is 11.4. The van der Waals surface area contributed by atoms with Crippen molar-refractivity contribution in [2.75, 3.05) is 20.1 Å². The molecule has 1 fully saturated rings. The molecule has 1 N–H and O–H groups in total. The van der Waals surface area contributed by atoms with Gasteiger partial charge in [-0.25, -0.2) is 0 Å². The molecule has 1 aromatic heterocycles. The van der Waals surface area contributed by atoms with Crippen LogP contribution in [0.5, 0.6) is 0 Å². The molecule has 1 aliphatic heterocycles. The fourth-order valence-corrected chi connectivity index (χ4v) is 2.33. The van der Waals surface area contributed by atoms with Gasteiger partial charge in [-0.1, -0.05) is 6.07 Å². The Morgan fingerprint density at radius 2 is 2.29 bits per heavy atom. The number of nitrogens with zero attached hydrogens (tertiary/aromatic N) is 2. The summed E-state index contributed by atoms with van der Waals surface area (Å²) in [4.78, 5) is 6.87. The lowest BCUT2D eigenvalue weighted by molar-refractivity contribution is 0.154. The standard InChI is InChI=1S/C13H21N3.ClH/c1-11(13-7-3-4-9-15-13)16(2)12-6-5-8-14-10-12;/h3-4,7,9,11-12,14H,5-6,8,10H2,1-2H3;1H/t11?,12-;/m0./s1. The van der Waals surface area contributed by atoms with E-state index in [-0.39, 0.29) is 12.4 Å². The fourth-order valence-electron chi connectivity index (χ4n) is 2.33. The summed E-state index contributed by atoms with van der Waals surface area (Å²) < 4.78 is 0. The van der Waals surface area contributed by atoms with Gasteiger partial charge in [0.05, 0.1) is 5.69 Å². The molecule has 1 saturated heterocycles. The average molecular weight is 256 g/mol. The Hall–Kier alpha value is -0.640. The molecule has 0 amide bonds. The summed E-state index contributed by atoms with van der Waals surface area (Å²) in [6.07, 6.45) is 4.45. The molecule has 1 aliphatic rings. The quantitative estimate of drug-likeness (QED) is 0.898. The molecule has 2 rings (SSSR count). The van der Waals surface area contributed by atoms with E-state index in [0.717, 1.165) is 12.2 Å². The Morgan fingerprint density at radius 1 is 1.47 bits per heavy atom. The molecule has 1 unspecified atom stereocenters. The number of halogens is 1.